The van der Waals surface area contributed by atoms with Gasteiger partial charge in [0.2, 0.25) is 0 Å². The van der Waals surface area contributed by atoms with E-state index in [2.05, 4.69) is 4.98 Å². The van der Waals surface area contributed by atoms with E-state index in [0.717, 1.165) is 12.8 Å². The van der Waals surface area contributed by atoms with Crippen LogP contribution in [0, 0.1) is 5.92 Å². The number of imidazole rings is 1. The quantitative estimate of drug-likeness (QED) is 0.845. The first-order valence-electron chi connectivity index (χ1n) is 6.65. The number of fused-ring (bicyclic) bond motifs is 1. The monoisotopic (exact) mass is 333 g/mol. The van der Waals surface area contributed by atoms with E-state index in [1.807, 2.05) is 6.92 Å². The van der Waals surface area contributed by atoms with Crippen LogP contribution >= 0.6 is 22.9 Å². The minimum absolute atomic E-state index is 0.0592. The highest BCUT2D eigenvalue weighted by Crippen LogP contribution is 2.31. The molecule has 20 heavy (non-hydrogen) atoms. The molecule has 0 atom stereocenters. The van der Waals surface area contributed by atoms with Crippen LogP contribution in [-0.4, -0.2) is 35.2 Å². The molecule has 1 saturated carbocycles. The Balaban J connectivity index is 2.00. The van der Waals surface area contributed by atoms with Crippen molar-refractivity contribution in [2.24, 2.45) is 5.92 Å². The van der Waals surface area contributed by atoms with Gasteiger partial charge in [-0.05, 0) is 18.8 Å². The first-order chi connectivity index (χ1) is 9.54. The van der Waals surface area contributed by atoms with Crippen molar-refractivity contribution in [3.8, 4) is 0 Å². The Kier molecular flexibility index (Phi) is 3.79. The fourth-order valence-corrected chi connectivity index (χ4v) is 5.38. The fraction of sp³-hybridized carbons (Fsp3) is 0.583. The zero-order chi connectivity index (χ0) is 14.3. The molecule has 0 N–H and O–H groups in total. The maximum Gasteiger partial charge on any atom is 0.262 e. The van der Waals surface area contributed by atoms with Crippen LogP contribution in [0.5, 0.6) is 0 Å². The van der Waals surface area contributed by atoms with E-state index < -0.39 is 10.0 Å². The lowest BCUT2D eigenvalue weighted by Gasteiger charge is -2.30. The molecule has 110 valence electrons. The zero-order valence-corrected chi connectivity index (χ0v) is 13.5. The molecule has 0 aromatic carbocycles. The average Bonchev–Trinajstić information content (AvgIpc) is 2.86. The molecule has 8 heteroatoms. The van der Waals surface area contributed by atoms with E-state index in [0.29, 0.717) is 24.0 Å². The van der Waals surface area contributed by atoms with Gasteiger partial charge in [0.15, 0.2) is 15.1 Å². The van der Waals surface area contributed by atoms with E-state index in [9.17, 15) is 8.42 Å². The standard InChI is InChI=1S/C12H16ClN3O2S2/c1-2-15(8-9-4-3-5-9)20(17,18)11-10(13)14-12-16(11)6-7-19-12/h6-7,9H,2-5,8H2,1H3. The molecule has 0 bridgehead atoms. The Morgan fingerprint density at radius 1 is 1.55 bits per heavy atom. The van der Waals surface area contributed by atoms with Crippen LogP contribution in [0.2, 0.25) is 5.15 Å². The number of halogens is 1. The second-order valence-electron chi connectivity index (χ2n) is 5.02. The van der Waals surface area contributed by atoms with Crippen LogP contribution < -0.4 is 0 Å². The summed E-state index contributed by atoms with van der Waals surface area (Å²) < 4.78 is 28.7. The minimum atomic E-state index is -3.60. The highest BCUT2D eigenvalue weighted by Gasteiger charge is 2.33. The van der Waals surface area contributed by atoms with Gasteiger partial charge in [-0.2, -0.15) is 4.31 Å². The molecule has 2 aromatic heterocycles. The number of hydrogen-bond donors (Lipinski definition) is 0. The summed E-state index contributed by atoms with van der Waals surface area (Å²) in [5, 5.41) is 1.96. The molecule has 0 amide bonds. The van der Waals surface area contributed by atoms with Crippen LogP contribution in [0.25, 0.3) is 4.96 Å². The molecule has 2 heterocycles. The van der Waals surface area contributed by atoms with Gasteiger partial charge < -0.3 is 0 Å². The molecule has 0 spiro atoms. The maximum absolute atomic E-state index is 12.8. The van der Waals surface area contributed by atoms with Gasteiger partial charge in [0.1, 0.15) is 0 Å². The van der Waals surface area contributed by atoms with Gasteiger partial charge in [-0.15, -0.1) is 11.3 Å². The molecule has 3 rings (SSSR count). The predicted octanol–water partition coefficient (Wildman–Crippen LogP) is 2.86. The van der Waals surface area contributed by atoms with Crippen LogP contribution in [0.15, 0.2) is 16.6 Å². The van der Waals surface area contributed by atoms with Gasteiger partial charge in [-0.1, -0.05) is 24.9 Å². The van der Waals surface area contributed by atoms with Gasteiger partial charge >= 0.3 is 0 Å². The minimum Gasteiger partial charge on any atom is -0.279 e. The number of aromatic nitrogens is 2. The second-order valence-corrected chi connectivity index (χ2v) is 8.10. The largest absolute Gasteiger partial charge is 0.279 e. The van der Waals surface area contributed by atoms with Crippen molar-refractivity contribution in [1.29, 1.82) is 0 Å². The summed E-state index contributed by atoms with van der Waals surface area (Å²) in [7, 11) is -3.60. The predicted molar refractivity (Wildman–Crippen MR) is 79.9 cm³/mol. The molecule has 2 aromatic rings. The van der Waals surface area contributed by atoms with E-state index in [4.69, 9.17) is 11.6 Å². The Labute approximate surface area is 127 Å². The Morgan fingerprint density at radius 2 is 2.30 bits per heavy atom. The van der Waals surface area contributed by atoms with Crippen molar-refractivity contribution in [2.75, 3.05) is 13.1 Å². The summed E-state index contributed by atoms with van der Waals surface area (Å²) in [4.78, 5) is 4.72. The number of thiazole rings is 1. The van der Waals surface area contributed by atoms with Crippen molar-refractivity contribution < 1.29 is 8.42 Å². The van der Waals surface area contributed by atoms with Crippen molar-refractivity contribution in [2.45, 2.75) is 31.2 Å². The van der Waals surface area contributed by atoms with Crippen LogP contribution in [-0.2, 0) is 10.0 Å². The van der Waals surface area contributed by atoms with Crippen LogP contribution in [0.3, 0.4) is 0 Å². The molecule has 1 aliphatic carbocycles. The SMILES string of the molecule is CCN(CC1CCC1)S(=O)(=O)c1c(Cl)nc2sccn12. The summed E-state index contributed by atoms with van der Waals surface area (Å²) in [5.74, 6) is 0.481. The van der Waals surface area contributed by atoms with E-state index >= 15 is 0 Å². The van der Waals surface area contributed by atoms with Crippen LogP contribution in [0.4, 0.5) is 0 Å². The van der Waals surface area contributed by atoms with Gasteiger partial charge in [0.25, 0.3) is 10.0 Å². The Morgan fingerprint density at radius 3 is 2.90 bits per heavy atom. The van der Waals surface area contributed by atoms with E-state index in [1.165, 1.54) is 22.1 Å². The van der Waals surface area contributed by atoms with Crippen molar-refractivity contribution in [3.63, 3.8) is 0 Å². The van der Waals surface area contributed by atoms with Gasteiger partial charge in [-0.25, -0.2) is 13.4 Å². The third-order valence-corrected chi connectivity index (χ3v) is 6.90. The Hall–Kier alpha value is -0.630. The van der Waals surface area contributed by atoms with Gasteiger partial charge in [0.05, 0.1) is 0 Å². The van der Waals surface area contributed by atoms with Crippen molar-refractivity contribution in [3.05, 3.63) is 16.7 Å². The summed E-state index contributed by atoms with van der Waals surface area (Å²) in [6.45, 7) is 2.88. The van der Waals surface area contributed by atoms with Gasteiger partial charge in [-0.3, -0.25) is 4.40 Å². The van der Waals surface area contributed by atoms with Gasteiger partial charge in [0, 0.05) is 24.7 Å². The maximum atomic E-state index is 12.8. The van der Waals surface area contributed by atoms with Crippen molar-refractivity contribution in [1.82, 2.24) is 13.7 Å². The first kappa shape index (κ1) is 14.3. The molecule has 0 unspecified atom stereocenters. The smallest absolute Gasteiger partial charge is 0.262 e. The summed E-state index contributed by atoms with van der Waals surface area (Å²) in [6, 6.07) is 0. The third-order valence-electron chi connectivity index (χ3n) is 3.80. The summed E-state index contributed by atoms with van der Waals surface area (Å²) >= 11 is 7.42. The van der Waals surface area contributed by atoms with Crippen LogP contribution in [0.1, 0.15) is 26.2 Å². The second kappa shape index (κ2) is 5.29. The lowest BCUT2D eigenvalue weighted by atomic mass is 9.85. The number of rotatable bonds is 5. The average molecular weight is 334 g/mol. The molecule has 1 fully saturated rings. The summed E-state index contributed by atoms with van der Waals surface area (Å²) in [6.07, 6.45) is 5.12. The number of sulfonamides is 1. The summed E-state index contributed by atoms with van der Waals surface area (Å²) in [5.41, 5.74) is 0. The molecule has 0 aliphatic heterocycles. The van der Waals surface area contributed by atoms with E-state index in [-0.39, 0.29) is 10.2 Å². The highest BCUT2D eigenvalue weighted by molar-refractivity contribution is 7.89. The lowest BCUT2D eigenvalue weighted by Crippen LogP contribution is -2.37. The normalized spacial score (nSPS) is 16.9. The molecule has 1 aliphatic rings. The highest BCUT2D eigenvalue weighted by atomic mass is 35.5. The molecule has 0 saturated heterocycles. The molecular formula is C12H16ClN3O2S2. The fourth-order valence-electron chi connectivity index (χ4n) is 2.45. The number of hydrogen-bond acceptors (Lipinski definition) is 4. The first-order valence-corrected chi connectivity index (χ1v) is 9.35. The van der Waals surface area contributed by atoms with E-state index in [1.54, 1.807) is 16.0 Å². The molecular weight excluding hydrogens is 318 g/mol. The van der Waals surface area contributed by atoms with Crippen molar-refractivity contribution >= 4 is 37.9 Å². The zero-order valence-electron chi connectivity index (χ0n) is 11.1. The molecule has 0 radical (unpaired) electrons. The third kappa shape index (κ3) is 2.26. The molecule has 5 nitrogen and oxygen atoms in total. The topological polar surface area (TPSA) is 54.7 Å². The Bertz CT molecular complexity index is 718. The number of nitrogens with zero attached hydrogens (tertiary/aromatic N) is 3. The lowest BCUT2D eigenvalue weighted by molar-refractivity contribution is 0.249.